The summed E-state index contributed by atoms with van der Waals surface area (Å²) in [5.41, 5.74) is 1.62. The van der Waals surface area contributed by atoms with Crippen LogP contribution in [0.3, 0.4) is 0 Å². The van der Waals surface area contributed by atoms with Gasteiger partial charge in [-0.3, -0.25) is 4.79 Å². The van der Waals surface area contributed by atoms with E-state index in [9.17, 15) is 9.90 Å². The van der Waals surface area contributed by atoms with E-state index in [4.69, 9.17) is 0 Å². The van der Waals surface area contributed by atoms with Gasteiger partial charge in [0.25, 0.3) is 0 Å². The molecule has 0 saturated carbocycles. The molecule has 0 aliphatic rings. The van der Waals surface area contributed by atoms with Crippen molar-refractivity contribution < 1.29 is 9.90 Å². The highest BCUT2D eigenvalue weighted by molar-refractivity contribution is 7.95. The predicted molar refractivity (Wildman–Crippen MR) is 192 cm³/mol. The van der Waals surface area contributed by atoms with E-state index in [1.165, 1.54) is 92.7 Å². The lowest BCUT2D eigenvalue weighted by Gasteiger charge is -2.27. The molecule has 232 valence electrons. The highest BCUT2D eigenvalue weighted by atomic mass is 31.2. The van der Waals surface area contributed by atoms with Crippen LogP contribution in [-0.4, -0.2) is 17.1 Å². The van der Waals surface area contributed by atoms with E-state index in [1.54, 1.807) is 18.2 Å². The molecule has 0 fully saturated rings. The van der Waals surface area contributed by atoms with Gasteiger partial charge >= 0.3 is 0 Å². The van der Waals surface area contributed by atoms with Crippen LogP contribution in [0.5, 0.6) is 5.75 Å². The fourth-order valence-electron chi connectivity index (χ4n) is 6.56. The number of hydrogen-bond donors (Lipinski definition) is 1. The summed E-state index contributed by atoms with van der Waals surface area (Å²) in [6.07, 6.45) is 18.4. The van der Waals surface area contributed by atoms with Gasteiger partial charge in [-0.1, -0.05) is 119 Å². The summed E-state index contributed by atoms with van der Waals surface area (Å²) < 4.78 is 0. The van der Waals surface area contributed by atoms with E-state index < -0.39 is 7.26 Å². The number of hydrogen-bond acceptors (Lipinski definition) is 2. The summed E-state index contributed by atoms with van der Waals surface area (Å²) in [4.78, 5) is 12.4. The van der Waals surface area contributed by atoms with Gasteiger partial charge in [-0.05, 0) is 86.3 Å². The third-order valence-corrected chi connectivity index (χ3v) is 13.5. The molecule has 3 heteroatoms. The number of benzene rings is 4. The smallest absolute Gasteiger partial charge is 0.163 e. The Morgan fingerprint density at radius 2 is 0.909 bits per heavy atom. The molecule has 0 atom stereocenters. The van der Waals surface area contributed by atoms with Crippen LogP contribution < -0.4 is 15.9 Å². The molecule has 4 aromatic carbocycles. The summed E-state index contributed by atoms with van der Waals surface area (Å²) in [7, 11) is -1.69. The molecule has 0 unspecified atom stereocenters. The van der Waals surface area contributed by atoms with Gasteiger partial charge in [-0.2, -0.15) is 0 Å². The van der Waals surface area contributed by atoms with Crippen LogP contribution >= 0.6 is 7.26 Å². The maximum Gasteiger partial charge on any atom is 0.163 e. The number of aromatic hydroxyl groups is 1. The summed E-state index contributed by atoms with van der Waals surface area (Å²) in [5, 5.41) is 14.0. The SMILES string of the molecule is Cc1cc(O)ccc1C(=O)CCCCCCCCCCCCCCC[P+](c1ccccc1)(c1ccccc1)c1ccccc1. The number of carbonyl (C=O) groups is 1. The minimum atomic E-state index is -1.69. The van der Waals surface area contributed by atoms with Gasteiger partial charge < -0.3 is 5.11 Å². The first-order valence-corrected chi connectivity index (χ1v) is 19.0. The van der Waals surface area contributed by atoms with Crippen molar-refractivity contribution in [1.29, 1.82) is 0 Å². The van der Waals surface area contributed by atoms with Crippen molar-refractivity contribution in [2.45, 2.75) is 96.8 Å². The van der Waals surface area contributed by atoms with Crippen molar-refractivity contribution in [2.24, 2.45) is 0 Å². The summed E-state index contributed by atoms with van der Waals surface area (Å²) in [6.45, 7) is 1.89. The Labute approximate surface area is 267 Å². The zero-order chi connectivity index (χ0) is 30.9. The third kappa shape index (κ3) is 9.90. The molecule has 0 radical (unpaired) electrons. The number of Topliss-reactive ketones (excluding diaryl/α,β-unsaturated/α-hetero) is 1. The van der Waals surface area contributed by atoms with Crippen LogP contribution in [-0.2, 0) is 0 Å². The fraction of sp³-hybridized carbons (Fsp3) is 0.390. The Morgan fingerprint density at radius 3 is 1.32 bits per heavy atom. The molecule has 0 aliphatic carbocycles. The molecule has 1 N–H and O–H groups in total. The molecule has 4 aromatic rings. The van der Waals surface area contributed by atoms with Gasteiger partial charge in [0.15, 0.2) is 5.78 Å². The quantitative estimate of drug-likeness (QED) is 0.0617. The van der Waals surface area contributed by atoms with Crippen molar-refractivity contribution in [3.05, 3.63) is 120 Å². The van der Waals surface area contributed by atoms with Gasteiger partial charge in [0.05, 0.1) is 6.16 Å². The van der Waals surface area contributed by atoms with Crippen molar-refractivity contribution in [3.8, 4) is 5.75 Å². The van der Waals surface area contributed by atoms with E-state index in [0.29, 0.717) is 6.42 Å². The normalized spacial score (nSPS) is 11.5. The highest BCUT2D eigenvalue weighted by Crippen LogP contribution is 2.56. The number of carbonyl (C=O) groups excluding carboxylic acids is 1. The number of unbranched alkanes of at least 4 members (excludes halogenated alkanes) is 12. The number of rotatable bonds is 20. The highest BCUT2D eigenvalue weighted by Gasteiger charge is 2.44. The maximum absolute atomic E-state index is 12.4. The lowest BCUT2D eigenvalue weighted by Crippen LogP contribution is -2.33. The topological polar surface area (TPSA) is 37.3 Å². The second kappa shape index (κ2) is 18.6. The van der Waals surface area contributed by atoms with Gasteiger partial charge in [0.1, 0.15) is 28.9 Å². The molecular formula is C41H52O2P+. The van der Waals surface area contributed by atoms with Crippen molar-refractivity contribution in [1.82, 2.24) is 0 Å². The standard InChI is InChI=1S/C41H51O2P/c1-35-34-36(42)31-32-40(35)41(43)30-22-11-9-7-5-3-2-4-6-8-10-12-23-33-44(37-24-16-13-17-25-37,38-26-18-14-19-27-38)39-28-20-15-21-29-39/h13-21,24-29,31-32,34H,2-12,22-23,30,33H2,1H3/p+1. The van der Waals surface area contributed by atoms with Crippen LogP contribution in [0.4, 0.5) is 0 Å². The van der Waals surface area contributed by atoms with Crippen molar-refractivity contribution in [2.75, 3.05) is 6.16 Å². The number of phenolic OH excluding ortho intramolecular Hbond substituents is 1. The van der Waals surface area contributed by atoms with Gasteiger partial charge in [-0.15, -0.1) is 0 Å². The van der Waals surface area contributed by atoms with Crippen LogP contribution in [0.1, 0.15) is 106 Å². The molecule has 0 bridgehead atoms. The van der Waals surface area contributed by atoms with Gasteiger partial charge in [0, 0.05) is 12.0 Å². The third-order valence-electron chi connectivity index (χ3n) is 9.00. The Morgan fingerprint density at radius 1 is 0.523 bits per heavy atom. The lowest BCUT2D eigenvalue weighted by atomic mass is 9.99. The Hall–Kier alpha value is -3.22. The molecule has 0 spiro atoms. The van der Waals surface area contributed by atoms with Gasteiger partial charge in [0.2, 0.25) is 0 Å². The fourth-order valence-corrected chi connectivity index (χ4v) is 11.0. The molecule has 0 saturated heterocycles. The first-order chi connectivity index (χ1) is 21.6. The van der Waals surface area contributed by atoms with Gasteiger partial charge in [-0.25, -0.2) is 0 Å². The van der Waals surface area contributed by atoms with Crippen LogP contribution in [0, 0.1) is 6.92 Å². The van der Waals surface area contributed by atoms with E-state index >= 15 is 0 Å². The Balaban J connectivity index is 1.09. The summed E-state index contributed by atoms with van der Waals surface area (Å²) in [5.74, 6) is 0.427. The monoisotopic (exact) mass is 607 g/mol. The van der Waals surface area contributed by atoms with Crippen LogP contribution in [0.25, 0.3) is 0 Å². The molecule has 0 aromatic heterocycles. The van der Waals surface area contributed by atoms with Crippen molar-refractivity contribution in [3.63, 3.8) is 0 Å². The number of ketones is 1. The average molecular weight is 608 g/mol. The largest absolute Gasteiger partial charge is 0.508 e. The first-order valence-electron chi connectivity index (χ1n) is 17.0. The number of phenols is 1. The second-order valence-electron chi connectivity index (χ2n) is 12.3. The molecule has 0 amide bonds. The summed E-state index contributed by atoms with van der Waals surface area (Å²) in [6, 6.07) is 38.8. The molecule has 0 heterocycles. The zero-order valence-electron chi connectivity index (χ0n) is 26.8. The Kier molecular flexibility index (Phi) is 14.2. The van der Waals surface area contributed by atoms with E-state index in [-0.39, 0.29) is 11.5 Å². The zero-order valence-corrected chi connectivity index (χ0v) is 27.7. The molecule has 44 heavy (non-hydrogen) atoms. The molecule has 2 nitrogen and oxygen atoms in total. The predicted octanol–water partition coefficient (Wildman–Crippen LogP) is 10.3. The minimum absolute atomic E-state index is 0.201. The van der Waals surface area contributed by atoms with E-state index in [2.05, 4.69) is 91.0 Å². The van der Waals surface area contributed by atoms with Crippen LogP contribution in [0.2, 0.25) is 0 Å². The van der Waals surface area contributed by atoms with E-state index in [0.717, 1.165) is 24.0 Å². The summed E-state index contributed by atoms with van der Waals surface area (Å²) >= 11 is 0. The van der Waals surface area contributed by atoms with E-state index in [1.807, 2.05) is 6.92 Å². The minimum Gasteiger partial charge on any atom is -0.508 e. The Bertz CT molecular complexity index is 1270. The average Bonchev–Trinajstić information content (AvgIpc) is 3.06. The first kappa shape index (κ1) is 33.7. The molecule has 4 rings (SSSR count). The molecular weight excluding hydrogens is 555 g/mol. The molecule has 0 aliphatic heterocycles. The number of aryl methyl sites for hydroxylation is 1. The second-order valence-corrected chi connectivity index (χ2v) is 15.9. The van der Waals surface area contributed by atoms with Crippen LogP contribution in [0.15, 0.2) is 109 Å². The van der Waals surface area contributed by atoms with Crippen molar-refractivity contribution >= 4 is 29.0 Å². The lowest BCUT2D eigenvalue weighted by molar-refractivity contribution is 0.0978. The maximum atomic E-state index is 12.4.